The molecule has 0 atom stereocenters. The highest BCUT2D eigenvalue weighted by atomic mass is 16.5. The fourth-order valence-electron chi connectivity index (χ4n) is 3.20. The molecule has 2 rings (SSSR count). The number of pyridine rings is 1. The number of nitrogens with zero attached hydrogens (tertiary/aromatic N) is 4. The van der Waals surface area contributed by atoms with Crippen LogP contribution in [0.15, 0.2) is 12.3 Å². The predicted octanol–water partition coefficient (Wildman–Crippen LogP) is 4.73. The fourth-order valence-corrected chi connectivity index (χ4v) is 3.20. The molecule has 6 nitrogen and oxygen atoms in total. The average Bonchev–Trinajstić information content (AvgIpc) is 2.75. The molecule has 2 heterocycles. The minimum Gasteiger partial charge on any atom is -0.478 e. The van der Waals surface area contributed by atoms with Crippen molar-refractivity contribution < 1.29 is 4.74 Å². The number of ether oxygens (including phenoxy) is 1. The van der Waals surface area contributed by atoms with Crippen LogP contribution >= 0.6 is 0 Å². The van der Waals surface area contributed by atoms with E-state index in [1.807, 2.05) is 6.20 Å². The van der Waals surface area contributed by atoms with Gasteiger partial charge in [0.1, 0.15) is 5.82 Å². The van der Waals surface area contributed by atoms with Gasteiger partial charge in [0, 0.05) is 31.4 Å². The van der Waals surface area contributed by atoms with Crippen LogP contribution in [0, 0.1) is 0 Å². The summed E-state index contributed by atoms with van der Waals surface area (Å²) in [4.78, 5) is 16.5. The van der Waals surface area contributed by atoms with Crippen LogP contribution in [-0.4, -0.2) is 41.7 Å². The van der Waals surface area contributed by atoms with Crippen molar-refractivity contribution in [2.45, 2.75) is 66.3 Å². The first-order chi connectivity index (χ1) is 13.5. The highest BCUT2D eigenvalue weighted by Crippen LogP contribution is 2.32. The van der Waals surface area contributed by atoms with Crippen molar-refractivity contribution in [3.8, 4) is 17.1 Å². The second-order valence-corrected chi connectivity index (χ2v) is 6.96. The number of nitrogens with one attached hydrogen (secondary N) is 1. The first-order valence-corrected chi connectivity index (χ1v) is 10.4. The average molecular weight is 386 g/mol. The summed E-state index contributed by atoms with van der Waals surface area (Å²) in [5.41, 5.74) is 4.08. The van der Waals surface area contributed by atoms with Gasteiger partial charge in [0.25, 0.3) is 5.88 Å². The Hall–Kier alpha value is -2.37. The zero-order valence-corrected chi connectivity index (χ0v) is 18.5. The van der Waals surface area contributed by atoms with Gasteiger partial charge in [0.15, 0.2) is 5.82 Å². The van der Waals surface area contributed by atoms with Crippen LogP contribution in [0.1, 0.15) is 58.7 Å². The molecule has 1 N–H and O–H groups in total. The molecule has 2 aromatic rings. The molecule has 0 unspecified atom stereocenters. The van der Waals surface area contributed by atoms with Crippen molar-refractivity contribution in [3.63, 3.8) is 0 Å². The Balaban J connectivity index is 2.56. The minimum absolute atomic E-state index is 0.357. The van der Waals surface area contributed by atoms with Gasteiger partial charge < -0.3 is 15.0 Å². The number of aromatic nitrogens is 3. The zero-order valence-electron chi connectivity index (χ0n) is 18.5. The highest BCUT2D eigenvalue weighted by Gasteiger charge is 2.19. The maximum Gasteiger partial charge on any atom is 0.257 e. The van der Waals surface area contributed by atoms with Crippen LogP contribution in [0.5, 0.6) is 5.88 Å². The highest BCUT2D eigenvalue weighted by molar-refractivity contribution is 5.69. The number of rotatable bonds is 10. The summed E-state index contributed by atoms with van der Waals surface area (Å²) in [6.45, 7) is 11.7. The lowest BCUT2D eigenvalue weighted by Crippen LogP contribution is -2.20. The molecule has 0 aliphatic rings. The van der Waals surface area contributed by atoms with Gasteiger partial charge in [-0.3, -0.25) is 0 Å². The molecule has 0 aromatic carbocycles. The smallest absolute Gasteiger partial charge is 0.257 e. The lowest BCUT2D eigenvalue weighted by Gasteiger charge is -2.21. The Morgan fingerprint density at radius 1 is 1.07 bits per heavy atom. The maximum absolute atomic E-state index is 5.58. The lowest BCUT2D eigenvalue weighted by molar-refractivity contribution is 0.397. The van der Waals surface area contributed by atoms with Crippen molar-refractivity contribution in [2.75, 3.05) is 30.9 Å². The van der Waals surface area contributed by atoms with E-state index in [2.05, 4.69) is 62.9 Å². The first kappa shape index (κ1) is 21.9. The topological polar surface area (TPSA) is 63.2 Å². The minimum atomic E-state index is 0.357. The molecule has 0 aliphatic carbocycles. The van der Waals surface area contributed by atoms with E-state index < -0.39 is 0 Å². The van der Waals surface area contributed by atoms with Crippen LogP contribution in [0.25, 0.3) is 11.3 Å². The number of hydrogen-bond acceptors (Lipinski definition) is 6. The SMILES string of the molecule is CCc1cc(N(C)CC)ncc1-c1nc(OC)c(NC(CC)CC)nc1CC. The molecule has 0 bridgehead atoms. The van der Waals surface area contributed by atoms with Gasteiger partial charge in [-0.15, -0.1) is 0 Å². The van der Waals surface area contributed by atoms with Gasteiger partial charge in [-0.2, -0.15) is 0 Å². The Kier molecular flexibility index (Phi) is 8.03. The van der Waals surface area contributed by atoms with E-state index in [-0.39, 0.29) is 0 Å². The summed E-state index contributed by atoms with van der Waals surface area (Å²) in [7, 11) is 3.70. The summed E-state index contributed by atoms with van der Waals surface area (Å²) in [6.07, 6.45) is 5.69. The molecule has 28 heavy (non-hydrogen) atoms. The number of anilines is 2. The standard InChI is InChI=1S/C22H35N5O/c1-8-15-13-19(27(6)12-5)23-14-17(15)20-18(11-4)25-21(22(26-20)28-7)24-16(9-2)10-3/h13-14,16H,8-12H2,1-7H3,(H,24,25). The zero-order chi connectivity index (χ0) is 20.7. The second kappa shape index (κ2) is 10.2. The monoisotopic (exact) mass is 385 g/mol. The number of methoxy groups -OCH3 is 1. The van der Waals surface area contributed by atoms with Gasteiger partial charge in [-0.05, 0) is 44.2 Å². The summed E-state index contributed by atoms with van der Waals surface area (Å²) in [5, 5.41) is 3.49. The summed E-state index contributed by atoms with van der Waals surface area (Å²) in [5.74, 6) is 2.24. The Morgan fingerprint density at radius 2 is 1.79 bits per heavy atom. The van der Waals surface area contributed by atoms with Crippen molar-refractivity contribution in [1.82, 2.24) is 15.0 Å². The molecule has 0 saturated carbocycles. The molecule has 154 valence electrons. The molecule has 0 fully saturated rings. The summed E-state index contributed by atoms with van der Waals surface area (Å²) in [6, 6.07) is 2.51. The van der Waals surface area contributed by atoms with E-state index >= 15 is 0 Å². The fraction of sp³-hybridized carbons (Fsp3) is 0.591. The largest absolute Gasteiger partial charge is 0.478 e. The molecular formula is C22H35N5O. The molecule has 0 spiro atoms. The number of aryl methyl sites for hydroxylation is 2. The quantitative estimate of drug-likeness (QED) is 0.638. The van der Waals surface area contributed by atoms with Gasteiger partial charge >= 0.3 is 0 Å². The van der Waals surface area contributed by atoms with E-state index in [1.165, 1.54) is 5.56 Å². The third kappa shape index (κ3) is 4.72. The van der Waals surface area contributed by atoms with Crippen LogP contribution in [-0.2, 0) is 12.8 Å². The summed E-state index contributed by atoms with van der Waals surface area (Å²) < 4.78 is 5.58. The summed E-state index contributed by atoms with van der Waals surface area (Å²) >= 11 is 0. The third-order valence-corrected chi connectivity index (χ3v) is 5.27. The Labute approximate surface area is 169 Å². The van der Waals surface area contributed by atoms with Gasteiger partial charge in [-0.1, -0.05) is 27.7 Å². The molecule has 0 aliphatic heterocycles. The maximum atomic E-state index is 5.58. The van der Waals surface area contributed by atoms with E-state index in [1.54, 1.807) is 7.11 Å². The van der Waals surface area contributed by atoms with E-state index in [0.717, 1.165) is 60.8 Å². The molecule has 0 amide bonds. The number of hydrogen-bond donors (Lipinski definition) is 1. The normalized spacial score (nSPS) is 11.0. The van der Waals surface area contributed by atoms with E-state index in [9.17, 15) is 0 Å². The van der Waals surface area contributed by atoms with Gasteiger partial charge in [0.2, 0.25) is 0 Å². The van der Waals surface area contributed by atoms with Gasteiger partial charge in [-0.25, -0.2) is 15.0 Å². The molecule has 6 heteroatoms. The van der Waals surface area contributed by atoms with Crippen LogP contribution in [0.3, 0.4) is 0 Å². The Morgan fingerprint density at radius 3 is 2.32 bits per heavy atom. The molecule has 0 saturated heterocycles. The van der Waals surface area contributed by atoms with Crippen molar-refractivity contribution in [1.29, 1.82) is 0 Å². The first-order valence-electron chi connectivity index (χ1n) is 10.4. The third-order valence-electron chi connectivity index (χ3n) is 5.27. The predicted molar refractivity (Wildman–Crippen MR) is 118 cm³/mol. The van der Waals surface area contributed by atoms with E-state index in [0.29, 0.717) is 11.9 Å². The lowest BCUT2D eigenvalue weighted by atomic mass is 10.0. The van der Waals surface area contributed by atoms with Crippen LogP contribution in [0.4, 0.5) is 11.6 Å². The van der Waals surface area contributed by atoms with Crippen molar-refractivity contribution in [2.24, 2.45) is 0 Å². The van der Waals surface area contributed by atoms with Gasteiger partial charge in [0.05, 0.1) is 18.5 Å². The molecule has 0 radical (unpaired) electrons. The van der Waals surface area contributed by atoms with Crippen molar-refractivity contribution >= 4 is 11.6 Å². The van der Waals surface area contributed by atoms with Crippen LogP contribution in [0.2, 0.25) is 0 Å². The molecule has 2 aromatic heterocycles. The van der Waals surface area contributed by atoms with Crippen LogP contribution < -0.4 is 15.0 Å². The van der Waals surface area contributed by atoms with Crippen molar-refractivity contribution in [3.05, 3.63) is 23.5 Å². The second-order valence-electron chi connectivity index (χ2n) is 6.96. The Bertz CT molecular complexity index is 774. The molecular weight excluding hydrogens is 350 g/mol. The van der Waals surface area contributed by atoms with E-state index in [4.69, 9.17) is 14.7 Å².